The van der Waals surface area contributed by atoms with Gasteiger partial charge in [-0.25, -0.2) is 13.1 Å². The molecular formula is C12H16ClNO4S. The van der Waals surface area contributed by atoms with Crippen molar-refractivity contribution in [3.63, 3.8) is 0 Å². The topological polar surface area (TPSA) is 75.6 Å². The van der Waals surface area contributed by atoms with Crippen molar-refractivity contribution in [2.24, 2.45) is 5.92 Å². The van der Waals surface area contributed by atoms with Gasteiger partial charge in [0.15, 0.2) is 0 Å². The largest absolute Gasteiger partial charge is 0.495 e. The minimum Gasteiger partial charge on any atom is -0.495 e. The lowest BCUT2D eigenvalue weighted by molar-refractivity contribution is 0.0453. The average molecular weight is 306 g/mol. The molecule has 0 unspecified atom stereocenters. The van der Waals surface area contributed by atoms with Crippen LogP contribution >= 0.6 is 11.6 Å². The summed E-state index contributed by atoms with van der Waals surface area (Å²) in [4.78, 5) is 0.109. The van der Waals surface area contributed by atoms with Crippen LogP contribution < -0.4 is 9.46 Å². The quantitative estimate of drug-likeness (QED) is 0.862. The van der Waals surface area contributed by atoms with Crippen LogP contribution in [0.5, 0.6) is 5.75 Å². The summed E-state index contributed by atoms with van der Waals surface area (Å²) in [7, 11) is -2.10. The highest BCUT2D eigenvalue weighted by molar-refractivity contribution is 7.89. The fourth-order valence-electron chi connectivity index (χ4n) is 1.99. The molecule has 0 heterocycles. The van der Waals surface area contributed by atoms with E-state index in [4.69, 9.17) is 21.4 Å². The summed E-state index contributed by atoms with van der Waals surface area (Å²) in [5.41, 5.74) is 0. The van der Waals surface area contributed by atoms with Gasteiger partial charge in [0, 0.05) is 6.54 Å². The number of ether oxygens (including phenoxy) is 1. The van der Waals surface area contributed by atoms with E-state index in [1.807, 2.05) is 0 Å². The van der Waals surface area contributed by atoms with Crippen molar-refractivity contribution in [3.8, 4) is 5.75 Å². The maximum atomic E-state index is 12.0. The van der Waals surface area contributed by atoms with Gasteiger partial charge in [0.2, 0.25) is 10.0 Å². The third-order valence-electron chi connectivity index (χ3n) is 3.21. The lowest BCUT2D eigenvalue weighted by Gasteiger charge is -2.31. The molecule has 0 bridgehead atoms. The number of aliphatic hydroxyl groups excluding tert-OH is 1. The number of aliphatic hydroxyl groups is 1. The lowest BCUT2D eigenvalue weighted by Crippen LogP contribution is -2.38. The van der Waals surface area contributed by atoms with Crippen LogP contribution in [-0.4, -0.2) is 33.3 Å². The van der Waals surface area contributed by atoms with E-state index in [1.54, 1.807) is 0 Å². The first-order valence-corrected chi connectivity index (χ1v) is 7.80. The second kappa shape index (κ2) is 5.66. The van der Waals surface area contributed by atoms with Crippen LogP contribution in [0.25, 0.3) is 0 Å². The zero-order valence-corrected chi connectivity index (χ0v) is 12.0. The number of hydrogen-bond acceptors (Lipinski definition) is 4. The van der Waals surface area contributed by atoms with Gasteiger partial charge in [-0.3, -0.25) is 0 Å². The van der Waals surface area contributed by atoms with E-state index in [9.17, 15) is 8.42 Å². The van der Waals surface area contributed by atoms with E-state index >= 15 is 0 Å². The Morgan fingerprint density at radius 3 is 2.68 bits per heavy atom. The second-order valence-corrected chi connectivity index (χ2v) is 6.81. The van der Waals surface area contributed by atoms with Crippen LogP contribution in [-0.2, 0) is 10.0 Å². The third-order valence-corrected chi connectivity index (χ3v) is 4.92. The first-order chi connectivity index (χ1) is 8.92. The first-order valence-electron chi connectivity index (χ1n) is 5.93. The molecular weight excluding hydrogens is 290 g/mol. The normalized spacial score (nSPS) is 22.9. The van der Waals surface area contributed by atoms with Gasteiger partial charge in [0.1, 0.15) is 5.75 Å². The Bertz CT molecular complexity index is 555. The molecule has 1 fully saturated rings. The lowest BCUT2D eigenvalue weighted by atomic mass is 9.83. The molecule has 1 aromatic carbocycles. The minimum atomic E-state index is -3.57. The predicted molar refractivity (Wildman–Crippen MR) is 71.9 cm³/mol. The molecule has 0 saturated heterocycles. The Kier molecular flexibility index (Phi) is 4.35. The smallest absolute Gasteiger partial charge is 0.240 e. The standard InChI is InChI=1S/C12H16ClNO4S/c1-18-12-3-2-10(6-11(12)13)19(16,17)14-7-8-4-9(15)5-8/h2-3,6,8-9,14-15H,4-5,7H2,1H3. The van der Waals surface area contributed by atoms with Crippen molar-refractivity contribution in [2.75, 3.05) is 13.7 Å². The van der Waals surface area contributed by atoms with Crippen molar-refractivity contribution in [1.82, 2.24) is 4.72 Å². The highest BCUT2D eigenvalue weighted by Gasteiger charge is 2.28. The third kappa shape index (κ3) is 3.39. The molecule has 0 radical (unpaired) electrons. The van der Waals surface area contributed by atoms with Gasteiger partial charge in [-0.05, 0) is 37.0 Å². The van der Waals surface area contributed by atoms with Gasteiger partial charge < -0.3 is 9.84 Å². The predicted octanol–water partition coefficient (Wildman–Crippen LogP) is 1.40. The molecule has 2 N–H and O–H groups in total. The van der Waals surface area contributed by atoms with Gasteiger partial charge >= 0.3 is 0 Å². The van der Waals surface area contributed by atoms with Crippen molar-refractivity contribution < 1.29 is 18.3 Å². The molecule has 7 heteroatoms. The molecule has 0 aliphatic heterocycles. The van der Waals surface area contributed by atoms with Gasteiger partial charge in [-0.1, -0.05) is 11.6 Å². The first kappa shape index (κ1) is 14.6. The number of halogens is 1. The van der Waals surface area contributed by atoms with Gasteiger partial charge in [-0.2, -0.15) is 0 Å². The highest BCUT2D eigenvalue weighted by Crippen LogP contribution is 2.28. The van der Waals surface area contributed by atoms with Gasteiger partial charge in [0.05, 0.1) is 23.1 Å². The van der Waals surface area contributed by atoms with Gasteiger partial charge in [0.25, 0.3) is 0 Å². The van der Waals surface area contributed by atoms with Gasteiger partial charge in [-0.15, -0.1) is 0 Å². The summed E-state index contributed by atoms with van der Waals surface area (Å²) in [6, 6.07) is 4.32. The number of hydrogen-bond donors (Lipinski definition) is 2. The van der Waals surface area contributed by atoms with E-state index in [2.05, 4.69) is 4.72 Å². The number of nitrogens with one attached hydrogen (secondary N) is 1. The molecule has 1 aromatic rings. The number of rotatable bonds is 5. The minimum absolute atomic E-state index is 0.109. The molecule has 0 aromatic heterocycles. The van der Waals surface area contributed by atoms with E-state index < -0.39 is 10.0 Å². The van der Waals surface area contributed by atoms with Crippen molar-refractivity contribution >= 4 is 21.6 Å². The van der Waals surface area contributed by atoms with E-state index in [0.717, 1.165) is 0 Å². The summed E-state index contributed by atoms with van der Waals surface area (Å²) < 4.78 is 31.6. The van der Waals surface area contributed by atoms with Crippen LogP contribution in [0.2, 0.25) is 5.02 Å². The van der Waals surface area contributed by atoms with E-state index in [-0.39, 0.29) is 21.9 Å². The van der Waals surface area contributed by atoms with Crippen LogP contribution in [0.15, 0.2) is 23.1 Å². The molecule has 0 atom stereocenters. The summed E-state index contributed by atoms with van der Waals surface area (Å²) in [5, 5.41) is 9.40. The molecule has 106 valence electrons. The molecule has 5 nitrogen and oxygen atoms in total. The Morgan fingerprint density at radius 2 is 2.16 bits per heavy atom. The second-order valence-electron chi connectivity index (χ2n) is 4.64. The Hall–Kier alpha value is -0.820. The van der Waals surface area contributed by atoms with Crippen LogP contribution in [0, 0.1) is 5.92 Å². The fourth-order valence-corrected chi connectivity index (χ4v) is 3.46. The van der Waals surface area contributed by atoms with Crippen molar-refractivity contribution in [2.45, 2.75) is 23.8 Å². The Morgan fingerprint density at radius 1 is 1.47 bits per heavy atom. The van der Waals surface area contributed by atoms with Crippen molar-refractivity contribution in [1.29, 1.82) is 0 Å². The van der Waals surface area contributed by atoms with Crippen LogP contribution in [0.4, 0.5) is 0 Å². The zero-order valence-electron chi connectivity index (χ0n) is 10.5. The van der Waals surface area contributed by atoms with Crippen molar-refractivity contribution in [3.05, 3.63) is 23.2 Å². The monoisotopic (exact) mass is 305 g/mol. The summed E-state index contributed by atoms with van der Waals surface area (Å²) >= 11 is 5.91. The molecule has 1 aliphatic rings. The number of benzene rings is 1. The van der Waals surface area contributed by atoms with Crippen LogP contribution in [0.3, 0.4) is 0 Å². The SMILES string of the molecule is COc1ccc(S(=O)(=O)NCC2CC(O)C2)cc1Cl. The summed E-state index contributed by atoms with van der Waals surface area (Å²) in [5.74, 6) is 0.640. The number of sulfonamides is 1. The Labute approximate surface area is 117 Å². The molecule has 0 amide bonds. The average Bonchev–Trinajstić information content (AvgIpc) is 2.33. The van der Waals surface area contributed by atoms with E-state index in [0.29, 0.717) is 25.1 Å². The maximum absolute atomic E-state index is 12.0. The Balaban J connectivity index is 2.04. The summed E-state index contributed by atoms with van der Waals surface area (Å²) in [6.45, 7) is 0.336. The number of methoxy groups -OCH3 is 1. The molecule has 19 heavy (non-hydrogen) atoms. The zero-order chi connectivity index (χ0) is 14.0. The summed E-state index contributed by atoms with van der Waals surface area (Å²) in [6.07, 6.45) is 1.00. The van der Waals surface area contributed by atoms with Crippen LogP contribution in [0.1, 0.15) is 12.8 Å². The fraction of sp³-hybridized carbons (Fsp3) is 0.500. The maximum Gasteiger partial charge on any atom is 0.240 e. The molecule has 1 saturated carbocycles. The van der Waals surface area contributed by atoms with E-state index in [1.165, 1.54) is 25.3 Å². The molecule has 1 aliphatic carbocycles. The molecule has 2 rings (SSSR count). The highest BCUT2D eigenvalue weighted by atomic mass is 35.5. The molecule has 0 spiro atoms.